The Bertz CT molecular complexity index is 680. The normalized spacial score (nSPS) is 78.0. The fraction of sp³-hybridized carbons (Fsp3) is 1.00. The van der Waals surface area contributed by atoms with Gasteiger partial charge in [0, 0.05) is 0 Å². The predicted molar refractivity (Wildman–Crippen MR) is 109 cm³/mol. The summed E-state index contributed by atoms with van der Waals surface area (Å²) in [6.07, 6.45) is 20.5. The molecule has 0 radical (unpaired) electrons. The fourth-order valence-corrected chi connectivity index (χ4v) is 15.7. The largest absolute Gasteiger partial charge is 0.0470 e. The van der Waals surface area contributed by atoms with Crippen LogP contribution in [0.1, 0.15) is 77.0 Å². The second-order valence-corrected chi connectivity index (χ2v) is 14.7. The van der Waals surface area contributed by atoms with Crippen molar-refractivity contribution in [3.8, 4) is 0 Å². The zero-order valence-electron chi connectivity index (χ0n) is 17.6. The minimum atomic E-state index is 0.884. The molecule has 0 heterocycles. The van der Waals surface area contributed by atoms with E-state index >= 15 is 0 Å². The van der Waals surface area contributed by atoms with Crippen molar-refractivity contribution in [1.29, 1.82) is 0 Å². The van der Waals surface area contributed by atoms with Crippen molar-refractivity contribution in [3.05, 3.63) is 0 Å². The molecule has 0 aromatic carbocycles. The topological polar surface area (TPSA) is 0 Å². The predicted octanol–water partition coefficient (Wildman–Crippen LogP) is 6.40. The van der Waals surface area contributed by atoms with Crippen LogP contribution in [-0.4, -0.2) is 0 Å². The van der Waals surface area contributed by atoms with Crippen LogP contribution in [-0.2, 0) is 0 Å². The third-order valence-corrected chi connectivity index (χ3v) is 15.0. The van der Waals surface area contributed by atoms with Gasteiger partial charge >= 0.3 is 0 Å². The van der Waals surface area contributed by atoms with Crippen molar-refractivity contribution < 1.29 is 0 Å². The molecule has 0 aliphatic heterocycles. The first-order valence-corrected chi connectivity index (χ1v) is 13.8. The fourth-order valence-electron chi connectivity index (χ4n) is 15.7. The summed E-state index contributed by atoms with van der Waals surface area (Å²) in [5.41, 5.74) is 1.77. The Morgan fingerprint density at radius 3 is 1.00 bits per heavy atom. The van der Waals surface area contributed by atoms with E-state index in [0.717, 1.165) is 10.8 Å². The first kappa shape index (κ1) is 14.9. The molecule has 150 valence electrons. The van der Waals surface area contributed by atoms with Crippen LogP contribution in [0.25, 0.3) is 0 Å². The Morgan fingerprint density at radius 1 is 0.321 bits per heavy atom. The summed E-state index contributed by atoms with van der Waals surface area (Å²) >= 11 is 0. The molecular formula is C28H38. The van der Waals surface area contributed by atoms with Crippen molar-refractivity contribution in [2.45, 2.75) is 77.0 Å². The van der Waals surface area contributed by atoms with Gasteiger partial charge in [-0.1, -0.05) is 0 Å². The summed E-state index contributed by atoms with van der Waals surface area (Å²) < 4.78 is 0. The monoisotopic (exact) mass is 374 g/mol. The maximum atomic E-state index is 1.75. The van der Waals surface area contributed by atoms with Crippen molar-refractivity contribution in [1.82, 2.24) is 0 Å². The Morgan fingerprint density at radius 2 is 0.643 bits per heavy atom. The van der Waals surface area contributed by atoms with Gasteiger partial charge in [0.2, 0.25) is 0 Å². The van der Waals surface area contributed by atoms with Gasteiger partial charge in [0.15, 0.2) is 0 Å². The van der Waals surface area contributed by atoms with Crippen LogP contribution in [0.3, 0.4) is 0 Å². The van der Waals surface area contributed by atoms with Gasteiger partial charge in [-0.3, -0.25) is 0 Å². The van der Waals surface area contributed by atoms with Gasteiger partial charge in [-0.25, -0.2) is 0 Å². The van der Waals surface area contributed by atoms with E-state index in [1.807, 2.05) is 0 Å². The van der Waals surface area contributed by atoms with E-state index in [-0.39, 0.29) is 0 Å². The Balaban J connectivity index is 1.25. The molecule has 16 atom stereocenters. The van der Waals surface area contributed by atoms with Crippen molar-refractivity contribution in [2.24, 2.45) is 93.7 Å². The lowest BCUT2D eigenvalue weighted by atomic mass is 9.19. The maximum Gasteiger partial charge on any atom is -0.0170 e. The SMILES string of the molecule is C1C2C[C@@H]3[C@H]4CC5C[C@H](C14)[C@H](C2)C3(C12CC3C[C@@H]4C6CC(C[C@@H]1[C@H]6C3)C[C@@H]42)C5. The molecule has 0 heteroatoms. The summed E-state index contributed by atoms with van der Waals surface area (Å²) in [6.45, 7) is 0. The molecule has 14 aliphatic rings. The van der Waals surface area contributed by atoms with Gasteiger partial charge in [-0.15, -0.1) is 0 Å². The molecule has 0 aromatic rings. The zero-order valence-corrected chi connectivity index (χ0v) is 17.6. The average molecular weight is 375 g/mol. The standard InChI is InChI=1S/C28H38/c1-13-7-23-19-3-15-4-20(17(1)19)24(8-13)27(23,11-15)28-12-16-5-21-18-2-14(9-25(21)28)10-26(28)22(18)6-16/h13-26H,1-12H2/t13?,14?,15?,16?,17?,18?,19-,20+,21-,22+,23+,24-,25+,26-,27?,28?. The van der Waals surface area contributed by atoms with Crippen LogP contribution in [0.4, 0.5) is 0 Å². The lowest BCUT2D eigenvalue weighted by Gasteiger charge is -2.86. The zero-order chi connectivity index (χ0) is 17.6. The lowest BCUT2D eigenvalue weighted by molar-refractivity contribution is -0.378. The van der Waals surface area contributed by atoms with Gasteiger partial charge in [0.1, 0.15) is 0 Å². The molecule has 14 fully saturated rings. The molecule has 0 N–H and O–H groups in total. The molecule has 28 heavy (non-hydrogen) atoms. The van der Waals surface area contributed by atoms with E-state index in [9.17, 15) is 0 Å². The van der Waals surface area contributed by atoms with Crippen LogP contribution >= 0.6 is 0 Å². The highest BCUT2D eigenvalue weighted by molar-refractivity contribution is 5.30. The average Bonchev–Trinajstić information content (AvgIpc) is 2.74. The third kappa shape index (κ3) is 1.23. The third-order valence-electron chi connectivity index (χ3n) is 15.0. The molecule has 0 spiro atoms. The molecule has 0 amide bonds. The first-order chi connectivity index (χ1) is 13.8. The van der Waals surface area contributed by atoms with E-state index in [4.69, 9.17) is 0 Å². The van der Waals surface area contributed by atoms with Crippen LogP contribution in [0.15, 0.2) is 0 Å². The van der Waals surface area contributed by atoms with Crippen LogP contribution in [0.5, 0.6) is 0 Å². The van der Waals surface area contributed by atoms with Crippen LogP contribution in [0.2, 0.25) is 0 Å². The van der Waals surface area contributed by atoms with Gasteiger partial charge in [-0.05, 0) is 171 Å². The molecule has 14 aliphatic carbocycles. The highest BCUT2D eigenvalue weighted by Crippen LogP contribution is 2.88. The molecule has 0 saturated heterocycles. The second-order valence-electron chi connectivity index (χ2n) is 14.7. The van der Waals surface area contributed by atoms with Gasteiger partial charge in [-0.2, -0.15) is 0 Å². The van der Waals surface area contributed by atoms with Gasteiger partial charge < -0.3 is 0 Å². The molecule has 0 aromatic heterocycles. The molecule has 0 nitrogen and oxygen atoms in total. The summed E-state index contributed by atoms with van der Waals surface area (Å²) in [6, 6.07) is 0. The first-order valence-electron chi connectivity index (χ1n) is 13.8. The number of hydrogen-bond acceptors (Lipinski definition) is 0. The van der Waals surface area contributed by atoms with E-state index in [1.165, 1.54) is 82.9 Å². The summed E-state index contributed by atoms with van der Waals surface area (Å²) in [4.78, 5) is 0. The molecule has 14 saturated carbocycles. The van der Waals surface area contributed by atoms with E-state index in [0.29, 0.717) is 0 Å². The molecule has 8 unspecified atom stereocenters. The van der Waals surface area contributed by atoms with E-state index in [2.05, 4.69) is 0 Å². The summed E-state index contributed by atoms with van der Waals surface area (Å²) in [5, 5.41) is 0. The van der Waals surface area contributed by atoms with Crippen molar-refractivity contribution in [2.75, 3.05) is 0 Å². The molecule has 14 rings (SSSR count). The number of hydrogen-bond donors (Lipinski definition) is 0. The summed E-state index contributed by atoms with van der Waals surface area (Å²) in [7, 11) is 0. The highest BCUT2D eigenvalue weighted by Gasteiger charge is 2.82. The van der Waals surface area contributed by atoms with Crippen molar-refractivity contribution in [3.63, 3.8) is 0 Å². The van der Waals surface area contributed by atoms with Gasteiger partial charge in [0.05, 0.1) is 0 Å². The lowest BCUT2D eigenvalue weighted by Crippen LogP contribution is -2.80. The van der Waals surface area contributed by atoms with Crippen molar-refractivity contribution >= 4 is 0 Å². The Kier molecular flexibility index (Phi) is 2.23. The Hall–Kier alpha value is 0. The minimum Gasteiger partial charge on any atom is -0.0470 e. The van der Waals surface area contributed by atoms with E-state index < -0.39 is 0 Å². The molecule has 16 bridgehead atoms. The number of rotatable bonds is 1. The molecular weight excluding hydrogens is 336 g/mol. The summed E-state index contributed by atoms with van der Waals surface area (Å²) in [5.74, 6) is 16.9. The smallest absolute Gasteiger partial charge is 0.0170 e. The maximum absolute atomic E-state index is 1.75. The van der Waals surface area contributed by atoms with E-state index in [1.54, 1.807) is 77.0 Å². The minimum absolute atomic E-state index is 0.884. The van der Waals surface area contributed by atoms with Gasteiger partial charge in [0.25, 0.3) is 0 Å². The van der Waals surface area contributed by atoms with Crippen LogP contribution in [0, 0.1) is 93.7 Å². The second kappa shape index (κ2) is 4.19. The quantitative estimate of drug-likeness (QED) is 0.498. The Labute approximate surface area is 171 Å². The highest BCUT2D eigenvalue weighted by atomic mass is 14.9. The van der Waals surface area contributed by atoms with Crippen LogP contribution < -0.4 is 0 Å².